The minimum Gasteiger partial charge on any atom is -0.454 e. The van der Waals surface area contributed by atoms with E-state index in [1.807, 2.05) is 6.26 Å². The molecule has 12 heteroatoms. The number of ether oxygens (including phenoxy) is 1. The number of amides is 1. The van der Waals surface area contributed by atoms with Gasteiger partial charge in [0.05, 0.1) is 4.90 Å². The van der Waals surface area contributed by atoms with Gasteiger partial charge in [0.2, 0.25) is 10.0 Å². The van der Waals surface area contributed by atoms with Crippen molar-refractivity contribution < 1.29 is 22.7 Å². The molecule has 0 aliphatic rings. The van der Waals surface area contributed by atoms with Crippen molar-refractivity contribution in [2.75, 3.05) is 31.0 Å². The molecule has 0 saturated carbocycles. The molecule has 1 rings (SSSR count). The second kappa shape index (κ2) is 11.1. The summed E-state index contributed by atoms with van der Waals surface area (Å²) in [6, 6.07) is 4.93. The van der Waals surface area contributed by atoms with Gasteiger partial charge in [-0.3, -0.25) is 4.79 Å². The Labute approximate surface area is 167 Å². The maximum Gasteiger partial charge on any atom is 0.329 e. The maximum atomic E-state index is 12.2. The van der Waals surface area contributed by atoms with Gasteiger partial charge in [-0.2, -0.15) is 11.8 Å². The van der Waals surface area contributed by atoms with Crippen LogP contribution >= 0.6 is 24.0 Å². The van der Waals surface area contributed by atoms with Crippen LogP contribution in [0.3, 0.4) is 0 Å². The Morgan fingerprint density at radius 2 is 1.93 bits per heavy atom. The minimum absolute atomic E-state index is 0.0254. The molecule has 0 spiro atoms. The number of rotatable bonds is 9. The fourth-order valence-electron chi connectivity index (χ4n) is 1.85. The number of thioether (sulfide) groups is 1. The number of esters is 1. The number of carbonyl (C=O) groups is 2. The van der Waals surface area contributed by atoms with Gasteiger partial charge in [-0.15, -0.1) is 0 Å². The van der Waals surface area contributed by atoms with Gasteiger partial charge < -0.3 is 20.7 Å². The number of anilines is 1. The molecular weight excluding hydrogens is 412 g/mol. The standard InChI is InChI=1S/C15H22N4O5S3/c1-17-13(20)9-24-14(21)12(7-8-26-2)19-15(25)18-10-3-5-11(6-4-10)27(16,22)23/h3-6,12H,7-9H2,1-2H3,(H,17,20)(H2,16,22,23)(H2,18,19,25)/t12-/m0/s1. The van der Waals surface area contributed by atoms with Crippen LogP contribution < -0.4 is 21.1 Å². The predicted molar refractivity (Wildman–Crippen MR) is 109 cm³/mol. The lowest BCUT2D eigenvalue weighted by Gasteiger charge is -2.19. The van der Waals surface area contributed by atoms with Crippen molar-refractivity contribution in [2.24, 2.45) is 5.14 Å². The summed E-state index contributed by atoms with van der Waals surface area (Å²) in [7, 11) is -2.33. The van der Waals surface area contributed by atoms with Gasteiger partial charge in [-0.05, 0) is 54.9 Å². The Hall–Kier alpha value is -1.89. The number of likely N-dealkylation sites (N-methyl/N-ethyl adjacent to an activating group) is 1. The number of carbonyl (C=O) groups excluding carboxylic acids is 2. The van der Waals surface area contributed by atoms with E-state index >= 15 is 0 Å². The third-order valence-corrected chi connectivity index (χ3v) is 5.06. The SMILES string of the molecule is CNC(=O)COC(=O)[C@H](CCSC)NC(=S)Nc1ccc(S(N)(=O)=O)cc1. The second-order valence-electron chi connectivity index (χ2n) is 5.28. The van der Waals surface area contributed by atoms with Crippen molar-refractivity contribution in [3.8, 4) is 0 Å². The Balaban J connectivity index is 2.69. The van der Waals surface area contributed by atoms with Crippen molar-refractivity contribution >= 4 is 56.7 Å². The third-order valence-electron chi connectivity index (χ3n) is 3.27. The Morgan fingerprint density at radius 1 is 1.30 bits per heavy atom. The van der Waals surface area contributed by atoms with E-state index in [-0.39, 0.29) is 16.6 Å². The minimum atomic E-state index is -3.78. The van der Waals surface area contributed by atoms with Crippen LogP contribution in [0, 0.1) is 0 Å². The molecule has 5 N–H and O–H groups in total. The molecule has 1 aromatic rings. The normalized spacial score (nSPS) is 12.0. The van der Waals surface area contributed by atoms with Crippen LogP contribution in [0.5, 0.6) is 0 Å². The fraction of sp³-hybridized carbons (Fsp3) is 0.400. The number of primary sulfonamides is 1. The average Bonchev–Trinajstić information content (AvgIpc) is 2.62. The van der Waals surface area contributed by atoms with Crippen LogP contribution in [-0.4, -0.2) is 57.1 Å². The quantitative estimate of drug-likeness (QED) is 0.313. The molecule has 0 unspecified atom stereocenters. The molecule has 0 aliphatic carbocycles. The molecule has 0 fully saturated rings. The van der Waals surface area contributed by atoms with E-state index in [2.05, 4.69) is 16.0 Å². The van der Waals surface area contributed by atoms with Gasteiger partial charge in [0.15, 0.2) is 11.7 Å². The van der Waals surface area contributed by atoms with E-state index in [0.29, 0.717) is 17.9 Å². The summed E-state index contributed by atoms with van der Waals surface area (Å²) >= 11 is 6.74. The van der Waals surface area contributed by atoms with Gasteiger partial charge in [0, 0.05) is 12.7 Å². The Bertz CT molecular complexity index is 768. The predicted octanol–water partition coefficient (Wildman–Crippen LogP) is 0.0313. The highest BCUT2D eigenvalue weighted by Crippen LogP contribution is 2.13. The van der Waals surface area contributed by atoms with Gasteiger partial charge in [-0.1, -0.05) is 0 Å². The van der Waals surface area contributed by atoms with Gasteiger partial charge in [0.25, 0.3) is 5.91 Å². The van der Waals surface area contributed by atoms with Gasteiger partial charge in [-0.25, -0.2) is 18.4 Å². The molecular formula is C15H22N4O5S3. The van der Waals surface area contributed by atoms with Crippen LogP contribution in [-0.2, 0) is 24.3 Å². The smallest absolute Gasteiger partial charge is 0.329 e. The second-order valence-corrected chi connectivity index (χ2v) is 8.24. The van der Waals surface area contributed by atoms with E-state index in [1.165, 1.54) is 31.3 Å². The summed E-state index contributed by atoms with van der Waals surface area (Å²) in [4.78, 5) is 23.4. The van der Waals surface area contributed by atoms with Crippen LogP contribution in [0.25, 0.3) is 0 Å². The highest BCUT2D eigenvalue weighted by molar-refractivity contribution is 7.98. The monoisotopic (exact) mass is 434 g/mol. The number of nitrogens with one attached hydrogen (secondary N) is 3. The van der Waals surface area contributed by atoms with Crippen molar-refractivity contribution in [3.05, 3.63) is 24.3 Å². The summed E-state index contributed by atoms with van der Waals surface area (Å²) in [5.74, 6) is -0.331. The van der Waals surface area contributed by atoms with Crippen LogP contribution in [0.2, 0.25) is 0 Å². The molecule has 0 aliphatic heterocycles. The third kappa shape index (κ3) is 8.56. The number of hydrogen-bond acceptors (Lipinski definition) is 7. The number of sulfonamides is 1. The molecule has 1 atom stereocenters. The van der Waals surface area contributed by atoms with Crippen molar-refractivity contribution in [1.82, 2.24) is 10.6 Å². The highest BCUT2D eigenvalue weighted by atomic mass is 32.2. The first-order chi connectivity index (χ1) is 12.7. The van der Waals surface area contributed by atoms with Crippen molar-refractivity contribution in [2.45, 2.75) is 17.4 Å². The number of hydrogen-bond donors (Lipinski definition) is 4. The van der Waals surface area contributed by atoms with Crippen molar-refractivity contribution in [3.63, 3.8) is 0 Å². The largest absolute Gasteiger partial charge is 0.454 e. The zero-order valence-corrected chi connectivity index (χ0v) is 17.3. The maximum absolute atomic E-state index is 12.2. The lowest BCUT2D eigenvalue weighted by Crippen LogP contribution is -2.44. The summed E-state index contributed by atoms with van der Waals surface area (Å²) in [6.07, 6.45) is 2.34. The molecule has 0 bridgehead atoms. The number of nitrogens with two attached hydrogens (primary N) is 1. The fourth-order valence-corrected chi connectivity index (χ4v) is 3.09. The topological polar surface area (TPSA) is 140 Å². The zero-order chi connectivity index (χ0) is 20.4. The molecule has 0 radical (unpaired) electrons. The van der Waals surface area contributed by atoms with Gasteiger partial charge in [0.1, 0.15) is 6.04 Å². The number of benzene rings is 1. The Morgan fingerprint density at radius 3 is 2.44 bits per heavy atom. The molecule has 0 saturated heterocycles. The van der Waals surface area contributed by atoms with E-state index < -0.39 is 27.9 Å². The molecule has 1 amide bonds. The lowest BCUT2D eigenvalue weighted by atomic mass is 10.2. The zero-order valence-electron chi connectivity index (χ0n) is 14.9. The summed E-state index contributed by atoms with van der Waals surface area (Å²) in [6.45, 7) is -0.373. The van der Waals surface area contributed by atoms with Crippen LogP contribution in [0.15, 0.2) is 29.2 Å². The van der Waals surface area contributed by atoms with E-state index in [9.17, 15) is 18.0 Å². The summed E-state index contributed by atoms with van der Waals surface area (Å²) in [5, 5.41) is 13.3. The first-order valence-corrected chi connectivity index (χ1v) is 11.1. The molecule has 1 aromatic carbocycles. The Kier molecular flexibility index (Phi) is 9.49. The number of thiocarbonyl (C=S) groups is 1. The first kappa shape index (κ1) is 23.1. The van der Waals surface area contributed by atoms with E-state index in [1.54, 1.807) is 11.8 Å². The summed E-state index contributed by atoms with van der Waals surface area (Å²) in [5.41, 5.74) is 0.516. The van der Waals surface area contributed by atoms with Crippen LogP contribution in [0.4, 0.5) is 5.69 Å². The average molecular weight is 435 g/mol. The molecule has 0 aromatic heterocycles. The highest BCUT2D eigenvalue weighted by Gasteiger charge is 2.21. The molecule has 150 valence electrons. The van der Waals surface area contributed by atoms with Gasteiger partial charge >= 0.3 is 5.97 Å². The summed E-state index contributed by atoms with van der Waals surface area (Å²) < 4.78 is 27.5. The molecule has 9 nitrogen and oxygen atoms in total. The first-order valence-electron chi connectivity index (χ1n) is 7.74. The molecule has 27 heavy (non-hydrogen) atoms. The van der Waals surface area contributed by atoms with Crippen molar-refractivity contribution in [1.29, 1.82) is 0 Å². The van der Waals surface area contributed by atoms with E-state index in [0.717, 1.165) is 0 Å². The lowest BCUT2D eigenvalue weighted by molar-refractivity contribution is -0.150. The molecule has 0 heterocycles. The van der Waals surface area contributed by atoms with E-state index in [4.69, 9.17) is 22.1 Å². The van der Waals surface area contributed by atoms with Crippen LogP contribution in [0.1, 0.15) is 6.42 Å².